The van der Waals surface area contributed by atoms with Crippen LogP contribution in [0.5, 0.6) is 0 Å². The van der Waals surface area contributed by atoms with Gasteiger partial charge in [-0.15, -0.1) is 5.10 Å². The first-order chi connectivity index (χ1) is 8.81. The van der Waals surface area contributed by atoms with Gasteiger partial charge < -0.3 is 10.3 Å². The Hall–Kier alpha value is -2.77. The van der Waals surface area contributed by atoms with Crippen LogP contribution < -0.4 is 5.73 Å². The molecule has 0 amide bonds. The lowest BCUT2D eigenvalue weighted by Crippen LogP contribution is -1.91. The Labute approximate surface area is 101 Å². The Kier molecular flexibility index (Phi) is 2.45. The number of pyridine rings is 1. The summed E-state index contributed by atoms with van der Waals surface area (Å²) in [4.78, 5) is 12.0. The van der Waals surface area contributed by atoms with E-state index in [4.69, 9.17) is 10.3 Å². The lowest BCUT2D eigenvalue weighted by molar-refractivity contribution is 0.421. The van der Waals surface area contributed by atoms with E-state index in [1.807, 2.05) is 12.1 Å². The highest BCUT2D eigenvalue weighted by molar-refractivity contribution is 5.41. The fraction of sp³-hybridized carbons (Fsp3) is 0.100. The van der Waals surface area contributed by atoms with Crippen LogP contribution >= 0.6 is 0 Å². The predicted octanol–water partition coefficient (Wildman–Crippen LogP) is 0.423. The van der Waals surface area contributed by atoms with Crippen molar-refractivity contribution in [3.8, 4) is 11.7 Å². The van der Waals surface area contributed by atoms with Gasteiger partial charge in [-0.05, 0) is 17.7 Å². The maximum absolute atomic E-state index is 5.40. The molecule has 0 aromatic carbocycles. The minimum Gasteiger partial charge on any atom is -0.366 e. The van der Waals surface area contributed by atoms with Gasteiger partial charge in [0.25, 0.3) is 5.89 Å². The molecule has 0 atom stereocenters. The molecule has 0 saturated carbocycles. The van der Waals surface area contributed by atoms with Gasteiger partial charge in [0.1, 0.15) is 0 Å². The Morgan fingerprint density at radius 2 is 2.06 bits per heavy atom. The van der Waals surface area contributed by atoms with Crippen LogP contribution in [0.25, 0.3) is 11.7 Å². The molecular formula is C10H9N7O. The number of nitrogens with one attached hydrogen (secondary N) is 1. The summed E-state index contributed by atoms with van der Waals surface area (Å²) in [6.45, 7) is 0. The molecule has 0 saturated heterocycles. The first-order valence-electron chi connectivity index (χ1n) is 5.21. The molecule has 8 nitrogen and oxygen atoms in total. The third-order valence-electron chi connectivity index (χ3n) is 2.28. The van der Waals surface area contributed by atoms with Crippen LogP contribution in [0.15, 0.2) is 29.0 Å². The quantitative estimate of drug-likeness (QED) is 0.684. The van der Waals surface area contributed by atoms with E-state index in [9.17, 15) is 0 Å². The van der Waals surface area contributed by atoms with E-state index in [1.165, 1.54) is 0 Å². The van der Waals surface area contributed by atoms with Crippen LogP contribution in [-0.4, -0.2) is 30.3 Å². The Morgan fingerprint density at radius 1 is 1.22 bits per heavy atom. The van der Waals surface area contributed by atoms with Crippen molar-refractivity contribution in [2.75, 3.05) is 5.73 Å². The van der Waals surface area contributed by atoms with E-state index in [2.05, 4.69) is 30.3 Å². The second-order valence-corrected chi connectivity index (χ2v) is 3.59. The molecule has 0 aliphatic rings. The van der Waals surface area contributed by atoms with Gasteiger partial charge in [-0.1, -0.05) is 5.16 Å². The SMILES string of the molecule is Nc1n[nH]c(-c2nc(Cc3ccncc3)no2)n1. The van der Waals surface area contributed by atoms with Crippen LogP contribution in [-0.2, 0) is 6.42 Å². The van der Waals surface area contributed by atoms with Crippen molar-refractivity contribution < 1.29 is 4.52 Å². The fourth-order valence-electron chi connectivity index (χ4n) is 1.48. The number of H-pyrrole nitrogens is 1. The van der Waals surface area contributed by atoms with E-state index in [0.717, 1.165) is 5.56 Å². The maximum Gasteiger partial charge on any atom is 0.295 e. The summed E-state index contributed by atoms with van der Waals surface area (Å²) in [5.74, 6) is 1.33. The Morgan fingerprint density at radius 3 is 2.78 bits per heavy atom. The number of aromatic amines is 1. The van der Waals surface area contributed by atoms with Crippen molar-refractivity contribution >= 4 is 5.95 Å². The molecule has 90 valence electrons. The minimum absolute atomic E-state index is 0.138. The zero-order valence-electron chi connectivity index (χ0n) is 9.24. The molecular weight excluding hydrogens is 234 g/mol. The molecule has 18 heavy (non-hydrogen) atoms. The summed E-state index contributed by atoms with van der Waals surface area (Å²) in [6.07, 6.45) is 4.00. The number of rotatable bonds is 3. The van der Waals surface area contributed by atoms with Crippen LogP contribution in [0.2, 0.25) is 0 Å². The van der Waals surface area contributed by atoms with Crippen molar-refractivity contribution in [3.05, 3.63) is 35.9 Å². The molecule has 3 N–H and O–H groups in total. The van der Waals surface area contributed by atoms with Crippen molar-refractivity contribution in [1.82, 2.24) is 30.3 Å². The largest absolute Gasteiger partial charge is 0.366 e. The van der Waals surface area contributed by atoms with Gasteiger partial charge >= 0.3 is 0 Å². The Bertz CT molecular complexity index is 645. The van der Waals surface area contributed by atoms with Crippen LogP contribution in [0, 0.1) is 0 Å². The second kappa shape index (κ2) is 4.24. The average molecular weight is 243 g/mol. The van der Waals surface area contributed by atoms with E-state index in [0.29, 0.717) is 18.1 Å². The summed E-state index contributed by atoms with van der Waals surface area (Å²) in [5.41, 5.74) is 6.45. The molecule has 0 fully saturated rings. The van der Waals surface area contributed by atoms with E-state index >= 15 is 0 Å². The first-order valence-corrected chi connectivity index (χ1v) is 5.21. The van der Waals surface area contributed by atoms with Crippen LogP contribution in [0.1, 0.15) is 11.4 Å². The standard InChI is InChI=1S/C10H9N7O/c11-10-14-8(15-16-10)9-13-7(17-18-9)5-6-1-3-12-4-2-6/h1-4H,5H2,(H3,11,14,15,16). The molecule has 3 aromatic heterocycles. The fourth-order valence-corrected chi connectivity index (χ4v) is 1.48. The molecule has 0 aliphatic heterocycles. The van der Waals surface area contributed by atoms with Gasteiger partial charge in [0.05, 0.1) is 0 Å². The summed E-state index contributed by atoms with van der Waals surface area (Å²) in [6, 6.07) is 3.78. The zero-order valence-corrected chi connectivity index (χ0v) is 9.24. The van der Waals surface area contributed by atoms with Crippen molar-refractivity contribution in [2.45, 2.75) is 6.42 Å². The molecule has 0 unspecified atom stereocenters. The smallest absolute Gasteiger partial charge is 0.295 e. The molecule has 3 aromatic rings. The third kappa shape index (κ3) is 2.03. The van der Waals surface area contributed by atoms with Gasteiger partial charge in [0.15, 0.2) is 5.82 Å². The Balaban J connectivity index is 1.82. The summed E-state index contributed by atoms with van der Waals surface area (Å²) < 4.78 is 5.07. The summed E-state index contributed by atoms with van der Waals surface area (Å²) in [7, 11) is 0. The van der Waals surface area contributed by atoms with Crippen LogP contribution in [0.3, 0.4) is 0 Å². The van der Waals surface area contributed by atoms with Crippen molar-refractivity contribution in [1.29, 1.82) is 0 Å². The number of nitrogens with zero attached hydrogens (tertiary/aromatic N) is 5. The number of aromatic nitrogens is 6. The summed E-state index contributed by atoms with van der Waals surface area (Å²) in [5, 5.41) is 10.2. The number of anilines is 1. The molecule has 8 heteroatoms. The van der Waals surface area contributed by atoms with E-state index in [-0.39, 0.29) is 11.8 Å². The van der Waals surface area contributed by atoms with Crippen molar-refractivity contribution in [3.63, 3.8) is 0 Å². The molecule has 0 aliphatic carbocycles. The normalized spacial score (nSPS) is 10.7. The lowest BCUT2D eigenvalue weighted by Gasteiger charge is -1.93. The number of nitrogens with two attached hydrogens (primary N) is 1. The van der Waals surface area contributed by atoms with Gasteiger partial charge in [-0.2, -0.15) is 9.97 Å². The maximum atomic E-state index is 5.40. The molecule has 0 bridgehead atoms. The number of nitrogen functional groups attached to an aromatic ring is 1. The molecule has 0 radical (unpaired) electrons. The third-order valence-corrected chi connectivity index (χ3v) is 2.28. The van der Waals surface area contributed by atoms with Gasteiger partial charge in [-0.25, -0.2) is 0 Å². The topological polar surface area (TPSA) is 119 Å². The van der Waals surface area contributed by atoms with E-state index in [1.54, 1.807) is 12.4 Å². The van der Waals surface area contributed by atoms with Gasteiger partial charge in [-0.3, -0.25) is 10.1 Å². The average Bonchev–Trinajstić information content (AvgIpc) is 2.99. The minimum atomic E-state index is 0.138. The van der Waals surface area contributed by atoms with Crippen LogP contribution in [0.4, 0.5) is 5.95 Å². The molecule has 3 rings (SSSR count). The second-order valence-electron chi connectivity index (χ2n) is 3.59. The lowest BCUT2D eigenvalue weighted by atomic mass is 10.2. The molecule has 0 spiro atoms. The zero-order chi connectivity index (χ0) is 12.4. The molecule has 3 heterocycles. The van der Waals surface area contributed by atoms with Gasteiger partial charge in [0.2, 0.25) is 11.8 Å². The van der Waals surface area contributed by atoms with Gasteiger partial charge in [0, 0.05) is 18.8 Å². The predicted molar refractivity (Wildman–Crippen MR) is 61.1 cm³/mol. The number of hydrogen-bond donors (Lipinski definition) is 2. The number of hydrogen-bond acceptors (Lipinski definition) is 7. The summed E-state index contributed by atoms with van der Waals surface area (Å²) >= 11 is 0. The highest BCUT2D eigenvalue weighted by Crippen LogP contribution is 2.13. The van der Waals surface area contributed by atoms with E-state index < -0.39 is 0 Å². The highest BCUT2D eigenvalue weighted by Gasteiger charge is 2.12. The van der Waals surface area contributed by atoms with Crippen molar-refractivity contribution in [2.24, 2.45) is 0 Å². The monoisotopic (exact) mass is 243 g/mol. The highest BCUT2D eigenvalue weighted by atomic mass is 16.5. The first kappa shape index (κ1) is 10.4.